The van der Waals surface area contributed by atoms with E-state index in [0.29, 0.717) is 0 Å². The van der Waals surface area contributed by atoms with E-state index in [1.807, 2.05) is 30.3 Å². The molecule has 170 valence electrons. The summed E-state index contributed by atoms with van der Waals surface area (Å²) in [7, 11) is 0. The Morgan fingerprint density at radius 1 is 0.727 bits per heavy atom. The molecule has 0 aliphatic carbocycles. The standard InChI is InChI=1S/C15H12O4.C10H10O4/c16-10-6-11(17)15-12(18)8-13(19-14(15)7-10)9-4-2-1-3-5-9;1-5-2-7(12)10-8(13)3-6(11)4-9(10)14-5/h1-7,13,16-17H,8H2;3-5,11,13H,2H2,1H3/t13-;5-/m11/s1. The molecule has 0 radical (unpaired) electrons. The van der Waals surface area contributed by atoms with Crippen LogP contribution in [0.15, 0.2) is 54.6 Å². The Hall–Kier alpha value is -4.20. The van der Waals surface area contributed by atoms with Crippen LogP contribution in [0.4, 0.5) is 0 Å². The Labute approximate surface area is 189 Å². The van der Waals surface area contributed by atoms with E-state index >= 15 is 0 Å². The minimum atomic E-state index is -0.387. The molecule has 0 spiro atoms. The van der Waals surface area contributed by atoms with Gasteiger partial charge in [0.15, 0.2) is 11.6 Å². The Morgan fingerprint density at radius 2 is 1.24 bits per heavy atom. The van der Waals surface area contributed by atoms with Gasteiger partial charge in [-0.3, -0.25) is 9.59 Å². The second kappa shape index (κ2) is 8.74. The van der Waals surface area contributed by atoms with Gasteiger partial charge in [-0.05, 0) is 12.5 Å². The molecule has 0 bridgehead atoms. The van der Waals surface area contributed by atoms with Crippen LogP contribution < -0.4 is 9.47 Å². The summed E-state index contributed by atoms with van der Waals surface area (Å²) in [5.41, 5.74) is 1.20. The van der Waals surface area contributed by atoms with E-state index in [1.165, 1.54) is 12.1 Å². The zero-order chi connectivity index (χ0) is 23.7. The fourth-order valence-corrected chi connectivity index (χ4v) is 3.86. The molecule has 4 N–H and O–H groups in total. The monoisotopic (exact) mass is 450 g/mol. The van der Waals surface area contributed by atoms with Crippen molar-refractivity contribution in [2.45, 2.75) is 32.0 Å². The quantitative estimate of drug-likeness (QED) is 0.432. The third-order valence-corrected chi connectivity index (χ3v) is 5.30. The van der Waals surface area contributed by atoms with Crippen molar-refractivity contribution in [2.24, 2.45) is 0 Å². The fourth-order valence-electron chi connectivity index (χ4n) is 3.86. The number of ketones is 2. The molecule has 8 nitrogen and oxygen atoms in total. The summed E-state index contributed by atoms with van der Waals surface area (Å²) < 4.78 is 11.0. The topological polar surface area (TPSA) is 134 Å². The number of phenols is 4. The molecule has 0 fully saturated rings. The fraction of sp³-hybridized carbons (Fsp3) is 0.200. The highest BCUT2D eigenvalue weighted by Crippen LogP contribution is 2.41. The van der Waals surface area contributed by atoms with Gasteiger partial charge in [0.2, 0.25) is 0 Å². The Bertz CT molecular complexity index is 1220. The van der Waals surface area contributed by atoms with Crippen LogP contribution in [0, 0.1) is 0 Å². The van der Waals surface area contributed by atoms with Gasteiger partial charge < -0.3 is 29.9 Å². The molecular formula is C25H22O8. The maximum atomic E-state index is 12.1. The number of ether oxygens (including phenoxy) is 2. The molecule has 0 amide bonds. The van der Waals surface area contributed by atoms with Gasteiger partial charge in [0, 0.05) is 30.7 Å². The summed E-state index contributed by atoms with van der Waals surface area (Å²) >= 11 is 0. The number of carbonyl (C=O) groups is 2. The number of benzene rings is 3. The number of aromatic hydroxyl groups is 4. The smallest absolute Gasteiger partial charge is 0.174 e. The van der Waals surface area contributed by atoms with Gasteiger partial charge in [-0.1, -0.05) is 30.3 Å². The first kappa shape index (κ1) is 22.0. The molecule has 8 heteroatoms. The van der Waals surface area contributed by atoms with Gasteiger partial charge in [-0.15, -0.1) is 0 Å². The molecule has 33 heavy (non-hydrogen) atoms. The van der Waals surface area contributed by atoms with Gasteiger partial charge in [0.25, 0.3) is 0 Å². The number of fused-ring (bicyclic) bond motifs is 2. The average Bonchev–Trinajstić information content (AvgIpc) is 2.73. The molecule has 5 rings (SSSR count). The molecule has 3 aromatic carbocycles. The van der Waals surface area contributed by atoms with E-state index in [9.17, 15) is 30.0 Å². The molecule has 2 atom stereocenters. The minimum Gasteiger partial charge on any atom is -0.508 e. The van der Waals surface area contributed by atoms with Crippen molar-refractivity contribution >= 4 is 11.6 Å². The first-order valence-corrected chi connectivity index (χ1v) is 10.3. The minimum absolute atomic E-state index is 0.108. The zero-order valence-corrected chi connectivity index (χ0v) is 17.7. The molecular weight excluding hydrogens is 428 g/mol. The van der Waals surface area contributed by atoms with Crippen molar-refractivity contribution < 1.29 is 39.5 Å². The lowest BCUT2D eigenvalue weighted by atomic mass is 9.95. The van der Waals surface area contributed by atoms with Crippen molar-refractivity contribution in [3.63, 3.8) is 0 Å². The van der Waals surface area contributed by atoms with E-state index < -0.39 is 0 Å². The van der Waals surface area contributed by atoms with Crippen molar-refractivity contribution in [3.05, 3.63) is 71.3 Å². The first-order valence-electron chi connectivity index (χ1n) is 10.3. The predicted molar refractivity (Wildman–Crippen MR) is 117 cm³/mol. The average molecular weight is 450 g/mol. The zero-order valence-electron chi connectivity index (χ0n) is 17.7. The van der Waals surface area contributed by atoms with E-state index in [-0.39, 0.29) is 82.2 Å². The summed E-state index contributed by atoms with van der Waals surface area (Å²) in [5, 5.41) is 37.8. The van der Waals surface area contributed by atoms with Crippen LogP contribution in [-0.2, 0) is 0 Å². The van der Waals surface area contributed by atoms with Crippen molar-refractivity contribution in [2.75, 3.05) is 0 Å². The molecule has 0 saturated heterocycles. The lowest BCUT2D eigenvalue weighted by molar-refractivity contribution is 0.0840. The van der Waals surface area contributed by atoms with Gasteiger partial charge in [0.1, 0.15) is 57.8 Å². The summed E-state index contributed by atoms with van der Waals surface area (Å²) in [6.07, 6.45) is -0.167. The van der Waals surface area contributed by atoms with Crippen molar-refractivity contribution in [1.29, 1.82) is 0 Å². The third-order valence-electron chi connectivity index (χ3n) is 5.30. The largest absolute Gasteiger partial charge is 0.508 e. The Kier molecular flexibility index (Phi) is 5.83. The summed E-state index contributed by atoms with van der Waals surface area (Å²) in [6, 6.07) is 14.4. The number of phenolic OH excluding ortho intramolecular Hbond substituents is 4. The molecule has 2 aliphatic rings. The third kappa shape index (κ3) is 4.55. The van der Waals surface area contributed by atoms with Crippen LogP contribution >= 0.6 is 0 Å². The predicted octanol–water partition coefficient (Wildman–Crippen LogP) is 4.26. The van der Waals surface area contributed by atoms with E-state index in [1.54, 1.807) is 6.92 Å². The van der Waals surface area contributed by atoms with Crippen LogP contribution in [0.1, 0.15) is 52.1 Å². The molecule has 3 aromatic rings. The highest BCUT2D eigenvalue weighted by molar-refractivity contribution is 6.03. The van der Waals surface area contributed by atoms with Crippen LogP contribution in [0.2, 0.25) is 0 Å². The van der Waals surface area contributed by atoms with Crippen molar-refractivity contribution in [1.82, 2.24) is 0 Å². The van der Waals surface area contributed by atoms with Crippen LogP contribution in [0.25, 0.3) is 0 Å². The second-order valence-electron chi connectivity index (χ2n) is 7.88. The van der Waals surface area contributed by atoms with Crippen LogP contribution in [-0.4, -0.2) is 38.1 Å². The molecule has 0 aromatic heterocycles. The second-order valence-corrected chi connectivity index (χ2v) is 7.88. The maximum Gasteiger partial charge on any atom is 0.174 e. The number of hydrogen-bond acceptors (Lipinski definition) is 8. The number of rotatable bonds is 1. The Morgan fingerprint density at radius 3 is 1.82 bits per heavy atom. The normalized spacial score (nSPS) is 18.7. The number of hydrogen-bond donors (Lipinski definition) is 4. The maximum absolute atomic E-state index is 12.1. The number of carbonyl (C=O) groups excluding carboxylic acids is 2. The van der Waals surface area contributed by atoms with E-state index in [4.69, 9.17) is 9.47 Å². The van der Waals surface area contributed by atoms with Gasteiger partial charge in [-0.25, -0.2) is 0 Å². The SMILES string of the molecule is C[C@@H]1CC(=O)c2c(O)cc(O)cc2O1.O=C1C[C@H](c2ccccc2)Oc2cc(O)cc(O)c21. The van der Waals surface area contributed by atoms with Gasteiger partial charge in [-0.2, -0.15) is 0 Å². The molecule has 0 saturated carbocycles. The van der Waals surface area contributed by atoms with E-state index in [0.717, 1.165) is 17.7 Å². The van der Waals surface area contributed by atoms with Gasteiger partial charge >= 0.3 is 0 Å². The molecule has 2 heterocycles. The van der Waals surface area contributed by atoms with Crippen LogP contribution in [0.3, 0.4) is 0 Å². The highest BCUT2D eigenvalue weighted by Gasteiger charge is 2.30. The summed E-state index contributed by atoms with van der Waals surface area (Å²) in [5.74, 6) is -0.568. The van der Waals surface area contributed by atoms with Gasteiger partial charge in [0.05, 0.1) is 6.42 Å². The number of Topliss-reactive ketones (excluding diaryl/α,β-unsaturated/α-hetero) is 2. The molecule has 0 unspecified atom stereocenters. The highest BCUT2D eigenvalue weighted by atomic mass is 16.5. The summed E-state index contributed by atoms with van der Waals surface area (Å²) in [6.45, 7) is 1.77. The lowest BCUT2D eigenvalue weighted by Crippen LogP contribution is -2.23. The molecule has 2 aliphatic heterocycles. The summed E-state index contributed by atoms with van der Waals surface area (Å²) in [4.78, 5) is 23.6. The van der Waals surface area contributed by atoms with Crippen LogP contribution in [0.5, 0.6) is 34.5 Å². The van der Waals surface area contributed by atoms with Crippen molar-refractivity contribution in [3.8, 4) is 34.5 Å². The first-order chi connectivity index (χ1) is 15.7. The van der Waals surface area contributed by atoms with E-state index in [2.05, 4.69) is 0 Å². The Balaban J connectivity index is 0.000000165. The lowest BCUT2D eigenvalue weighted by Gasteiger charge is -2.26.